The van der Waals surface area contributed by atoms with Gasteiger partial charge in [0.25, 0.3) is 0 Å². The van der Waals surface area contributed by atoms with Crippen LogP contribution in [0.2, 0.25) is 5.02 Å². The molecule has 0 bridgehead atoms. The number of rotatable bonds is 4. The second kappa shape index (κ2) is 6.95. The predicted molar refractivity (Wildman–Crippen MR) is 81.3 cm³/mol. The van der Waals surface area contributed by atoms with E-state index in [0.717, 1.165) is 43.4 Å². The summed E-state index contributed by atoms with van der Waals surface area (Å²) in [6.07, 6.45) is 0. The van der Waals surface area contributed by atoms with Gasteiger partial charge in [-0.05, 0) is 18.2 Å². The fourth-order valence-electron chi connectivity index (χ4n) is 2.52. The number of ether oxygens (including phenoxy) is 1. The van der Waals surface area contributed by atoms with Gasteiger partial charge >= 0.3 is 5.97 Å². The lowest BCUT2D eigenvalue weighted by atomic mass is 10.1. The number of hydrogen-bond acceptors (Lipinski definition) is 4. The first-order chi connectivity index (χ1) is 9.60. The van der Waals surface area contributed by atoms with E-state index < -0.39 is 0 Å². The van der Waals surface area contributed by atoms with Gasteiger partial charge in [0, 0.05) is 43.4 Å². The normalized spacial score (nSPS) is 17.9. The van der Waals surface area contributed by atoms with Crippen LogP contribution >= 0.6 is 11.6 Å². The number of carbonyl (C=O) groups excluding carboxylic acids is 1. The molecule has 0 aromatic heterocycles. The van der Waals surface area contributed by atoms with Gasteiger partial charge in [-0.2, -0.15) is 0 Å². The van der Waals surface area contributed by atoms with Crippen molar-refractivity contribution in [3.8, 4) is 0 Å². The summed E-state index contributed by atoms with van der Waals surface area (Å²) in [5, 5.41) is 0.768. The first kappa shape index (κ1) is 15.1. The van der Waals surface area contributed by atoms with Gasteiger partial charge in [0.2, 0.25) is 0 Å². The number of anilines is 1. The Bertz CT molecular complexity index is 459. The van der Waals surface area contributed by atoms with E-state index in [0.29, 0.717) is 0 Å². The van der Waals surface area contributed by atoms with Crippen molar-refractivity contribution in [1.82, 2.24) is 4.90 Å². The molecular formula is C15H21ClN2O2. The minimum Gasteiger partial charge on any atom is -0.469 e. The lowest BCUT2D eigenvalue weighted by Gasteiger charge is -2.36. The maximum atomic E-state index is 11.4. The zero-order valence-corrected chi connectivity index (χ0v) is 12.8. The summed E-state index contributed by atoms with van der Waals surface area (Å²) in [5.74, 6) is -0.208. The second-order valence-corrected chi connectivity index (χ2v) is 5.63. The average molecular weight is 297 g/mol. The van der Waals surface area contributed by atoms with E-state index in [1.165, 1.54) is 7.11 Å². The van der Waals surface area contributed by atoms with Crippen LogP contribution in [0.5, 0.6) is 0 Å². The molecule has 0 amide bonds. The van der Waals surface area contributed by atoms with E-state index in [2.05, 4.69) is 15.9 Å². The molecule has 1 aliphatic rings. The highest BCUT2D eigenvalue weighted by atomic mass is 35.5. The number of nitrogens with zero attached hydrogens (tertiary/aromatic N) is 2. The maximum Gasteiger partial charge on any atom is 0.309 e. The number of carbonyl (C=O) groups is 1. The first-order valence-electron chi connectivity index (χ1n) is 6.91. The van der Waals surface area contributed by atoms with Crippen molar-refractivity contribution in [2.75, 3.05) is 44.7 Å². The zero-order valence-electron chi connectivity index (χ0n) is 12.0. The highest BCUT2D eigenvalue weighted by Crippen LogP contribution is 2.21. The average Bonchev–Trinajstić information content (AvgIpc) is 2.47. The van der Waals surface area contributed by atoms with E-state index in [4.69, 9.17) is 16.3 Å². The fraction of sp³-hybridized carbons (Fsp3) is 0.533. The van der Waals surface area contributed by atoms with Crippen LogP contribution in [0.3, 0.4) is 0 Å². The Morgan fingerprint density at radius 1 is 1.35 bits per heavy atom. The SMILES string of the molecule is COC(=O)C(C)CN1CCN(c2cccc(Cl)c2)CC1. The maximum absolute atomic E-state index is 11.4. The van der Waals surface area contributed by atoms with Crippen molar-refractivity contribution in [2.45, 2.75) is 6.92 Å². The number of hydrogen-bond donors (Lipinski definition) is 0. The molecule has 0 spiro atoms. The molecule has 20 heavy (non-hydrogen) atoms. The molecule has 1 aromatic carbocycles. The summed E-state index contributed by atoms with van der Waals surface area (Å²) >= 11 is 6.02. The van der Waals surface area contributed by atoms with Gasteiger partial charge in [0.05, 0.1) is 13.0 Å². The van der Waals surface area contributed by atoms with E-state index in [1.54, 1.807) is 0 Å². The molecule has 2 rings (SSSR count). The molecule has 1 fully saturated rings. The monoisotopic (exact) mass is 296 g/mol. The van der Waals surface area contributed by atoms with Crippen molar-refractivity contribution in [2.24, 2.45) is 5.92 Å². The zero-order chi connectivity index (χ0) is 14.5. The summed E-state index contributed by atoms with van der Waals surface area (Å²) in [6, 6.07) is 7.94. The summed E-state index contributed by atoms with van der Waals surface area (Å²) in [4.78, 5) is 16.1. The van der Waals surface area contributed by atoms with Crippen molar-refractivity contribution in [3.63, 3.8) is 0 Å². The first-order valence-corrected chi connectivity index (χ1v) is 7.28. The number of piperazine rings is 1. The van der Waals surface area contributed by atoms with Crippen LogP contribution in [0.15, 0.2) is 24.3 Å². The highest BCUT2D eigenvalue weighted by Gasteiger charge is 2.22. The van der Waals surface area contributed by atoms with Crippen LogP contribution in [0, 0.1) is 5.92 Å². The molecule has 0 radical (unpaired) electrons. The van der Waals surface area contributed by atoms with Crippen LogP contribution in [0.1, 0.15) is 6.92 Å². The molecular weight excluding hydrogens is 276 g/mol. The van der Waals surface area contributed by atoms with Crippen LogP contribution < -0.4 is 4.90 Å². The third kappa shape index (κ3) is 3.87. The molecule has 110 valence electrons. The van der Waals surface area contributed by atoms with Crippen LogP contribution in [-0.2, 0) is 9.53 Å². The minimum atomic E-state index is -0.137. The predicted octanol–water partition coefficient (Wildman–Crippen LogP) is 2.27. The third-order valence-corrected chi connectivity index (χ3v) is 3.92. The molecule has 1 saturated heterocycles. The third-order valence-electron chi connectivity index (χ3n) is 3.68. The quantitative estimate of drug-likeness (QED) is 0.798. The number of halogens is 1. The number of esters is 1. The minimum absolute atomic E-state index is 0.0716. The topological polar surface area (TPSA) is 32.8 Å². The summed E-state index contributed by atoms with van der Waals surface area (Å²) in [6.45, 7) is 6.48. The molecule has 0 N–H and O–H groups in total. The fourth-order valence-corrected chi connectivity index (χ4v) is 2.71. The van der Waals surface area contributed by atoms with Gasteiger partial charge in [-0.15, -0.1) is 0 Å². The Morgan fingerprint density at radius 3 is 2.65 bits per heavy atom. The van der Waals surface area contributed by atoms with Crippen LogP contribution in [-0.4, -0.2) is 50.7 Å². The molecule has 4 nitrogen and oxygen atoms in total. The lowest BCUT2D eigenvalue weighted by Crippen LogP contribution is -2.48. The van der Waals surface area contributed by atoms with Gasteiger partial charge in [0.15, 0.2) is 0 Å². The summed E-state index contributed by atoms with van der Waals surface area (Å²) in [5.41, 5.74) is 1.16. The molecule has 1 atom stereocenters. The van der Waals surface area contributed by atoms with Gasteiger partial charge in [0.1, 0.15) is 0 Å². The van der Waals surface area contributed by atoms with Crippen molar-refractivity contribution in [1.29, 1.82) is 0 Å². The Hall–Kier alpha value is -1.26. The molecule has 1 aliphatic heterocycles. The van der Waals surface area contributed by atoms with Gasteiger partial charge in [-0.1, -0.05) is 24.6 Å². The largest absolute Gasteiger partial charge is 0.469 e. The van der Waals surface area contributed by atoms with E-state index >= 15 is 0 Å². The lowest BCUT2D eigenvalue weighted by molar-refractivity contribution is -0.145. The summed E-state index contributed by atoms with van der Waals surface area (Å²) in [7, 11) is 1.44. The Balaban J connectivity index is 1.85. The van der Waals surface area contributed by atoms with E-state index in [1.807, 2.05) is 25.1 Å². The van der Waals surface area contributed by atoms with Crippen LogP contribution in [0.25, 0.3) is 0 Å². The molecule has 1 heterocycles. The number of benzene rings is 1. The second-order valence-electron chi connectivity index (χ2n) is 5.19. The summed E-state index contributed by atoms with van der Waals surface area (Å²) < 4.78 is 4.77. The highest BCUT2D eigenvalue weighted by molar-refractivity contribution is 6.30. The van der Waals surface area contributed by atoms with Crippen molar-refractivity contribution in [3.05, 3.63) is 29.3 Å². The van der Waals surface area contributed by atoms with Crippen molar-refractivity contribution < 1.29 is 9.53 Å². The number of methoxy groups -OCH3 is 1. The van der Waals surface area contributed by atoms with Gasteiger partial charge in [-0.25, -0.2) is 0 Å². The van der Waals surface area contributed by atoms with E-state index in [9.17, 15) is 4.79 Å². The molecule has 1 aromatic rings. The Morgan fingerprint density at radius 2 is 2.05 bits per heavy atom. The smallest absolute Gasteiger partial charge is 0.309 e. The van der Waals surface area contributed by atoms with E-state index in [-0.39, 0.29) is 11.9 Å². The van der Waals surface area contributed by atoms with Crippen LogP contribution in [0.4, 0.5) is 5.69 Å². The molecule has 5 heteroatoms. The molecule has 0 saturated carbocycles. The standard InChI is InChI=1S/C15H21ClN2O2/c1-12(15(19)20-2)11-17-6-8-18(9-7-17)14-5-3-4-13(16)10-14/h3-5,10,12H,6-9,11H2,1-2H3. The van der Waals surface area contributed by atoms with Gasteiger partial charge < -0.3 is 9.64 Å². The van der Waals surface area contributed by atoms with Crippen molar-refractivity contribution >= 4 is 23.3 Å². The molecule has 0 aliphatic carbocycles. The molecule has 1 unspecified atom stereocenters. The van der Waals surface area contributed by atoms with Gasteiger partial charge in [-0.3, -0.25) is 9.69 Å². The Labute approximate surface area is 125 Å². The Kier molecular flexibility index (Phi) is 5.26.